The van der Waals surface area contributed by atoms with Crippen molar-refractivity contribution < 1.29 is 22.8 Å². The summed E-state index contributed by atoms with van der Waals surface area (Å²) in [6.07, 6.45) is -3.64. The average molecular weight is 323 g/mol. The Morgan fingerprint density at radius 3 is 2.45 bits per heavy atom. The fourth-order valence-corrected chi connectivity index (χ4v) is 2.43. The van der Waals surface area contributed by atoms with Crippen LogP contribution in [0.2, 0.25) is 0 Å². The minimum Gasteiger partial charge on any atom is -0.341 e. The van der Waals surface area contributed by atoms with Gasteiger partial charge in [-0.3, -0.25) is 4.79 Å². The van der Waals surface area contributed by atoms with Gasteiger partial charge in [-0.1, -0.05) is 20.3 Å². The Kier molecular flexibility index (Phi) is 6.49. The van der Waals surface area contributed by atoms with Gasteiger partial charge in [0.15, 0.2) is 0 Å². The number of alkyl halides is 3. The molecule has 128 valence electrons. The maximum atomic E-state index is 13.1. The zero-order valence-electron chi connectivity index (χ0n) is 13.2. The average Bonchev–Trinajstić information content (AvgIpc) is 2.63. The van der Waals surface area contributed by atoms with E-state index in [2.05, 4.69) is 0 Å². The Hall–Kier alpha value is -1.47. The number of urea groups is 1. The molecule has 0 bridgehead atoms. The van der Waals surface area contributed by atoms with Crippen molar-refractivity contribution in [1.29, 1.82) is 0 Å². The van der Waals surface area contributed by atoms with Crippen LogP contribution in [0.3, 0.4) is 0 Å². The summed E-state index contributed by atoms with van der Waals surface area (Å²) >= 11 is 0. The predicted octanol–water partition coefficient (Wildman–Crippen LogP) is 2.23. The van der Waals surface area contributed by atoms with Crippen LogP contribution in [0, 0.1) is 5.92 Å². The van der Waals surface area contributed by atoms with E-state index >= 15 is 0 Å². The van der Waals surface area contributed by atoms with Crippen LogP contribution in [0.4, 0.5) is 18.0 Å². The molecule has 0 spiro atoms. The van der Waals surface area contributed by atoms with Gasteiger partial charge in [0, 0.05) is 19.6 Å². The Balaban J connectivity index is 2.75. The number of carbonyl (C=O) groups is 2. The summed E-state index contributed by atoms with van der Waals surface area (Å²) in [7, 11) is 0. The molecule has 0 aromatic heterocycles. The van der Waals surface area contributed by atoms with Crippen molar-refractivity contribution in [3.8, 4) is 0 Å². The van der Waals surface area contributed by atoms with Gasteiger partial charge < -0.3 is 15.1 Å². The van der Waals surface area contributed by atoms with Crippen molar-refractivity contribution in [3.63, 3.8) is 0 Å². The Morgan fingerprint density at radius 1 is 1.32 bits per heavy atom. The first-order chi connectivity index (χ1) is 10.2. The summed E-state index contributed by atoms with van der Waals surface area (Å²) in [6, 6.07) is -2.72. The molecule has 22 heavy (non-hydrogen) atoms. The number of carbonyl (C=O) groups excluding carboxylic acids is 2. The van der Waals surface area contributed by atoms with Gasteiger partial charge in [0.05, 0.1) is 0 Å². The van der Waals surface area contributed by atoms with E-state index in [1.54, 1.807) is 11.8 Å². The third-order valence-electron chi connectivity index (χ3n) is 4.05. The van der Waals surface area contributed by atoms with Crippen molar-refractivity contribution in [2.75, 3.05) is 26.2 Å². The fourth-order valence-electron chi connectivity index (χ4n) is 2.43. The van der Waals surface area contributed by atoms with Gasteiger partial charge in [-0.25, -0.2) is 4.79 Å². The smallest absolute Gasteiger partial charge is 0.341 e. The molecule has 1 N–H and O–H groups in total. The van der Waals surface area contributed by atoms with Gasteiger partial charge in [-0.05, 0) is 19.3 Å². The highest BCUT2D eigenvalue weighted by molar-refractivity contribution is 5.84. The van der Waals surface area contributed by atoms with Crippen LogP contribution in [0.1, 0.15) is 33.6 Å². The molecule has 1 saturated heterocycles. The summed E-state index contributed by atoms with van der Waals surface area (Å²) in [5, 5.41) is 2.05. The van der Waals surface area contributed by atoms with Crippen molar-refractivity contribution in [2.45, 2.75) is 45.8 Å². The molecule has 1 fully saturated rings. The lowest BCUT2D eigenvalue weighted by Crippen LogP contribution is -2.54. The number of amides is 3. The largest absolute Gasteiger partial charge is 0.408 e. The number of nitrogens with zero attached hydrogens (tertiary/aromatic N) is 2. The Morgan fingerprint density at radius 2 is 1.95 bits per heavy atom. The van der Waals surface area contributed by atoms with E-state index in [9.17, 15) is 22.8 Å². The zero-order chi connectivity index (χ0) is 16.9. The first kappa shape index (κ1) is 18.6. The van der Waals surface area contributed by atoms with Gasteiger partial charge in [-0.15, -0.1) is 0 Å². The van der Waals surface area contributed by atoms with Crippen molar-refractivity contribution in [3.05, 3.63) is 0 Å². The molecule has 0 saturated carbocycles. The van der Waals surface area contributed by atoms with Crippen LogP contribution in [0.25, 0.3) is 0 Å². The lowest BCUT2D eigenvalue weighted by atomic mass is 9.99. The molecule has 1 aliphatic rings. The predicted molar refractivity (Wildman–Crippen MR) is 76.3 cm³/mol. The normalized spacial score (nSPS) is 19.6. The molecule has 1 aliphatic heterocycles. The first-order valence-corrected chi connectivity index (χ1v) is 7.60. The van der Waals surface area contributed by atoms with Crippen molar-refractivity contribution in [1.82, 2.24) is 15.1 Å². The Labute approximate surface area is 128 Å². The van der Waals surface area contributed by atoms with E-state index < -0.39 is 24.2 Å². The minimum atomic E-state index is -4.50. The van der Waals surface area contributed by atoms with Crippen LogP contribution >= 0.6 is 0 Å². The molecule has 0 aromatic rings. The molecule has 0 aliphatic carbocycles. The zero-order valence-corrected chi connectivity index (χ0v) is 13.2. The SMILES string of the molecule is CCC(C)C(NC(=O)N1CCCN(CC)C(=O)C1)C(F)(F)F. The van der Waals surface area contributed by atoms with Gasteiger partial charge in [0.1, 0.15) is 12.6 Å². The summed E-state index contributed by atoms with van der Waals surface area (Å²) in [6.45, 7) is 6.08. The highest BCUT2D eigenvalue weighted by Gasteiger charge is 2.44. The van der Waals surface area contributed by atoms with E-state index in [1.165, 1.54) is 11.8 Å². The third-order valence-corrected chi connectivity index (χ3v) is 4.05. The summed E-state index contributed by atoms with van der Waals surface area (Å²) < 4.78 is 39.2. The van der Waals surface area contributed by atoms with E-state index in [0.29, 0.717) is 25.9 Å². The molecule has 8 heteroatoms. The molecule has 2 unspecified atom stereocenters. The number of nitrogens with one attached hydrogen (secondary N) is 1. The maximum Gasteiger partial charge on any atom is 0.408 e. The number of hydrogen-bond acceptors (Lipinski definition) is 2. The minimum absolute atomic E-state index is 0.176. The standard InChI is InChI=1S/C14H24F3N3O2/c1-4-10(3)12(14(15,16)17)18-13(22)20-8-6-7-19(5-2)11(21)9-20/h10,12H,4-9H2,1-3H3,(H,18,22). The van der Waals surface area contributed by atoms with E-state index in [0.717, 1.165) is 0 Å². The van der Waals surface area contributed by atoms with Gasteiger partial charge in [0.25, 0.3) is 0 Å². The van der Waals surface area contributed by atoms with Gasteiger partial charge >= 0.3 is 12.2 Å². The highest BCUT2D eigenvalue weighted by Crippen LogP contribution is 2.27. The number of rotatable bonds is 4. The van der Waals surface area contributed by atoms with Crippen LogP contribution in [0.15, 0.2) is 0 Å². The summed E-state index contributed by atoms with van der Waals surface area (Å²) in [5.74, 6) is -0.957. The van der Waals surface area contributed by atoms with Crippen LogP contribution in [0.5, 0.6) is 0 Å². The third kappa shape index (κ3) is 4.78. The first-order valence-electron chi connectivity index (χ1n) is 7.60. The van der Waals surface area contributed by atoms with Crippen LogP contribution < -0.4 is 5.32 Å². The lowest BCUT2D eigenvalue weighted by Gasteiger charge is -2.29. The second kappa shape index (κ2) is 7.69. The lowest BCUT2D eigenvalue weighted by molar-refractivity contribution is -0.164. The van der Waals surface area contributed by atoms with Gasteiger partial charge in [0.2, 0.25) is 5.91 Å². The monoisotopic (exact) mass is 323 g/mol. The fraction of sp³-hybridized carbons (Fsp3) is 0.857. The quantitative estimate of drug-likeness (QED) is 0.862. The summed E-state index contributed by atoms with van der Waals surface area (Å²) in [4.78, 5) is 26.8. The summed E-state index contributed by atoms with van der Waals surface area (Å²) in [5.41, 5.74) is 0. The molecule has 0 aromatic carbocycles. The molecule has 1 heterocycles. The molecule has 2 atom stereocenters. The molecular weight excluding hydrogens is 299 g/mol. The van der Waals surface area contributed by atoms with Crippen molar-refractivity contribution >= 4 is 11.9 Å². The van der Waals surface area contributed by atoms with E-state index in [-0.39, 0.29) is 19.0 Å². The van der Waals surface area contributed by atoms with E-state index in [1.807, 2.05) is 12.2 Å². The van der Waals surface area contributed by atoms with Crippen molar-refractivity contribution in [2.24, 2.45) is 5.92 Å². The number of halogens is 3. The topological polar surface area (TPSA) is 52.7 Å². The molecule has 0 radical (unpaired) electrons. The number of likely N-dealkylation sites (N-methyl/N-ethyl adjacent to an activating group) is 1. The van der Waals surface area contributed by atoms with E-state index in [4.69, 9.17) is 0 Å². The molecular formula is C14H24F3N3O2. The molecule has 1 rings (SSSR count). The second-order valence-corrected chi connectivity index (χ2v) is 5.60. The molecule has 5 nitrogen and oxygen atoms in total. The maximum absolute atomic E-state index is 13.1. The van der Waals surface area contributed by atoms with Crippen LogP contribution in [-0.2, 0) is 4.79 Å². The van der Waals surface area contributed by atoms with Crippen LogP contribution in [-0.4, -0.2) is 60.1 Å². The molecule has 3 amide bonds. The Bertz CT molecular complexity index is 401. The number of hydrogen-bond donors (Lipinski definition) is 1. The highest BCUT2D eigenvalue weighted by atomic mass is 19.4. The second-order valence-electron chi connectivity index (χ2n) is 5.60. The van der Waals surface area contributed by atoms with Gasteiger partial charge in [-0.2, -0.15) is 13.2 Å².